The van der Waals surface area contributed by atoms with Gasteiger partial charge in [-0.25, -0.2) is 9.97 Å². The molecule has 4 heteroatoms. The van der Waals surface area contributed by atoms with Crippen LogP contribution >= 0.6 is 0 Å². The fraction of sp³-hybridized carbons (Fsp3) is 0.556. The van der Waals surface area contributed by atoms with Gasteiger partial charge in [0.25, 0.3) is 0 Å². The maximum atomic E-state index is 8.89. The standard InChI is InChI=1S/C9H15N3O/c1-6(2)11-9-10-4-8(5-13)7(3)12-9/h4,6,13H,5H2,1-3H3,(H,10,11,12). The van der Waals surface area contributed by atoms with Crippen molar-refractivity contribution in [2.24, 2.45) is 0 Å². The van der Waals surface area contributed by atoms with Crippen molar-refractivity contribution in [3.63, 3.8) is 0 Å². The minimum atomic E-state index is -0.00616. The highest BCUT2D eigenvalue weighted by Crippen LogP contribution is 2.07. The molecule has 0 unspecified atom stereocenters. The first-order valence-electron chi connectivity index (χ1n) is 4.33. The van der Waals surface area contributed by atoms with Gasteiger partial charge in [-0.2, -0.15) is 0 Å². The average Bonchev–Trinajstić information content (AvgIpc) is 2.03. The summed E-state index contributed by atoms with van der Waals surface area (Å²) in [4.78, 5) is 8.27. The molecular formula is C9H15N3O. The number of anilines is 1. The third-order valence-corrected chi connectivity index (χ3v) is 1.67. The monoisotopic (exact) mass is 181 g/mol. The van der Waals surface area contributed by atoms with Crippen molar-refractivity contribution in [1.82, 2.24) is 9.97 Å². The zero-order valence-corrected chi connectivity index (χ0v) is 8.20. The molecule has 72 valence electrons. The summed E-state index contributed by atoms with van der Waals surface area (Å²) in [6, 6.07) is 0.319. The highest BCUT2D eigenvalue weighted by molar-refractivity contribution is 5.29. The first-order chi connectivity index (χ1) is 6.13. The molecule has 13 heavy (non-hydrogen) atoms. The number of rotatable bonds is 3. The van der Waals surface area contributed by atoms with Crippen LogP contribution in [0.2, 0.25) is 0 Å². The van der Waals surface area contributed by atoms with Gasteiger partial charge in [0, 0.05) is 23.5 Å². The molecule has 0 amide bonds. The summed E-state index contributed by atoms with van der Waals surface area (Å²) in [7, 11) is 0. The number of hydrogen-bond donors (Lipinski definition) is 2. The Morgan fingerprint density at radius 1 is 1.54 bits per heavy atom. The van der Waals surface area contributed by atoms with Crippen LogP contribution in [0.3, 0.4) is 0 Å². The second-order valence-electron chi connectivity index (χ2n) is 3.26. The van der Waals surface area contributed by atoms with Crippen molar-refractivity contribution in [1.29, 1.82) is 0 Å². The molecule has 1 heterocycles. The zero-order valence-electron chi connectivity index (χ0n) is 8.20. The normalized spacial score (nSPS) is 10.5. The molecule has 4 nitrogen and oxygen atoms in total. The van der Waals surface area contributed by atoms with E-state index in [1.54, 1.807) is 6.20 Å². The van der Waals surface area contributed by atoms with E-state index in [1.807, 2.05) is 20.8 Å². The zero-order chi connectivity index (χ0) is 9.84. The van der Waals surface area contributed by atoms with E-state index in [2.05, 4.69) is 15.3 Å². The average molecular weight is 181 g/mol. The van der Waals surface area contributed by atoms with Gasteiger partial charge in [0.1, 0.15) is 0 Å². The third-order valence-electron chi connectivity index (χ3n) is 1.67. The maximum Gasteiger partial charge on any atom is 0.223 e. The second kappa shape index (κ2) is 4.18. The van der Waals surface area contributed by atoms with Crippen molar-refractivity contribution in [2.75, 3.05) is 5.32 Å². The second-order valence-corrected chi connectivity index (χ2v) is 3.26. The Labute approximate surface area is 78.0 Å². The minimum absolute atomic E-state index is 0.00616. The maximum absolute atomic E-state index is 8.89. The number of nitrogens with zero attached hydrogens (tertiary/aromatic N) is 2. The van der Waals surface area contributed by atoms with Gasteiger partial charge in [0.05, 0.1) is 6.61 Å². The molecule has 1 aromatic rings. The van der Waals surface area contributed by atoms with Crippen LogP contribution in [0.25, 0.3) is 0 Å². The summed E-state index contributed by atoms with van der Waals surface area (Å²) in [5, 5.41) is 12.0. The van der Waals surface area contributed by atoms with Crippen LogP contribution in [-0.2, 0) is 6.61 Å². The molecule has 0 aromatic carbocycles. The number of aliphatic hydroxyl groups is 1. The van der Waals surface area contributed by atoms with E-state index in [4.69, 9.17) is 5.11 Å². The molecule has 0 bridgehead atoms. The molecule has 0 spiro atoms. The van der Waals surface area contributed by atoms with E-state index in [0.717, 1.165) is 11.3 Å². The van der Waals surface area contributed by atoms with Gasteiger partial charge in [0.2, 0.25) is 5.95 Å². The molecular weight excluding hydrogens is 166 g/mol. The van der Waals surface area contributed by atoms with E-state index in [1.165, 1.54) is 0 Å². The predicted octanol–water partition coefficient (Wildman–Crippen LogP) is 1.10. The van der Waals surface area contributed by atoms with Crippen molar-refractivity contribution in [3.05, 3.63) is 17.5 Å². The van der Waals surface area contributed by atoms with Crippen molar-refractivity contribution >= 4 is 5.95 Å². The molecule has 0 aliphatic carbocycles. The molecule has 0 aliphatic heterocycles. The highest BCUT2D eigenvalue weighted by Gasteiger charge is 2.02. The lowest BCUT2D eigenvalue weighted by Gasteiger charge is -2.09. The van der Waals surface area contributed by atoms with Crippen LogP contribution in [-0.4, -0.2) is 21.1 Å². The molecule has 2 N–H and O–H groups in total. The molecule has 0 saturated carbocycles. The number of aromatic nitrogens is 2. The minimum Gasteiger partial charge on any atom is -0.392 e. The largest absolute Gasteiger partial charge is 0.392 e. The van der Waals surface area contributed by atoms with Gasteiger partial charge in [-0.1, -0.05) is 0 Å². The van der Waals surface area contributed by atoms with Gasteiger partial charge in [0.15, 0.2) is 0 Å². The Hall–Kier alpha value is -1.16. The summed E-state index contributed by atoms with van der Waals surface area (Å²) >= 11 is 0. The van der Waals surface area contributed by atoms with E-state index < -0.39 is 0 Å². The lowest BCUT2D eigenvalue weighted by molar-refractivity contribution is 0.280. The lowest BCUT2D eigenvalue weighted by atomic mass is 10.2. The van der Waals surface area contributed by atoms with Crippen LogP contribution in [0.5, 0.6) is 0 Å². The summed E-state index contributed by atoms with van der Waals surface area (Å²) in [6.07, 6.45) is 1.65. The van der Waals surface area contributed by atoms with Crippen molar-refractivity contribution in [3.8, 4) is 0 Å². The van der Waals surface area contributed by atoms with E-state index in [0.29, 0.717) is 12.0 Å². The molecule has 0 saturated heterocycles. The summed E-state index contributed by atoms with van der Waals surface area (Å²) in [6.45, 7) is 5.91. The molecule has 1 aromatic heterocycles. The van der Waals surface area contributed by atoms with Crippen LogP contribution in [0.1, 0.15) is 25.1 Å². The Bertz CT molecular complexity index is 286. The summed E-state index contributed by atoms with van der Waals surface area (Å²) in [5.74, 6) is 0.615. The first-order valence-corrected chi connectivity index (χ1v) is 4.33. The number of hydrogen-bond acceptors (Lipinski definition) is 4. The van der Waals surface area contributed by atoms with Gasteiger partial charge >= 0.3 is 0 Å². The Kier molecular flexibility index (Phi) is 3.19. The van der Waals surface area contributed by atoms with Crippen LogP contribution < -0.4 is 5.32 Å². The summed E-state index contributed by atoms with van der Waals surface area (Å²) < 4.78 is 0. The van der Waals surface area contributed by atoms with Gasteiger partial charge in [-0.15, -0.1) is 0 Å². The van der Waals surface area contributed by atoms with E-state index in [-0.39, 0.29) is 6.61 Å². The topological polar surface area (TPSA) is 58.0 Å². The predicted molar refractivity (Wildman–Crippen MR) is 51.5 cm³/mol. The van der Waals surface area contributed by atoms with Gasteiger partial charge in [-0.3, -0.25) is 0 Å². The van der Waals surface area contributed by atoms with E-state index in [9.17, 15) is 0 Å². The Balaban J connectivity index is 2.83. The Morgan fingerprint density at radius 2 is 2.23 bits per heavy atom. The lowest BCUT2D eigenvalue weighted by Crippen LogP contribution is -2.13. The fourth-order valence-electron chi connectivity index (χ4n) is 0.975. The number of aryl methyl sites for hydroxylation is 1. The van der Waals surface area contributed by atoms with Gasteiger partial charge in [-0.05, 0) is 20.8 Å². The van der Waals surface area contributed by atoms with Crippen LogP contribution in [0, 0.1) is 6.92 Å². The highest BCUT2D eigenvalue weighted by atomic mass is 16.3. The third kappa shape index (κ3) is 2.66. The SMILES string of the molecule is Cc1nc(NC(C)C)ncc1CO. The summed E-state index contributed by atoms with van der Waals surface area (Å²) in [5.41, 5.74) is 1.59. The smallest absolute Gasteiger partial charge is 0.223 e. The van der Waals surface area contributed by atoms with Crippen molar-refractivity contribution in [2.45, 2.75) is 33.4 Å². The fourth-order valence-corrected chi connectivity index (χ4v) is 0.975. The van der Waals surface area contributed by atoms with E-state index >= 15 is 0 Å². The van der Waals surface area contributed by atoms with Crippen molar-refractivity contribution < 1.29 is 5.11 Å². The number of aliphatic hydroxyl groups excluding tert-OH is 1. The Morgan fingerprint density at radius 3 is 2.69 bits per heavy atom. The molecule has 0 fully saturated rings. The van der Waals surface area contributed by atoms with Crippen LogP contribution in [0.4, 0.5) is 5.95 Å². The quantitative estimate of drug-likeness (QED) is 0.733. The number of nitrogens with one attached hydrogen (secondary N) is 1. The van der Waals surface area contributed by atoms with Crippen LogP contribution in [0.15, 0.2) is 6.20 Å². The first kappa shape index (κ1) is 9.92. The molecule has 0 aliphatic rings. The molecule has 0 radical (unpaired) electrons. The molecule has 0 atom stereocenters. The molecule has 1 rings (SSSR count). The van der Waals surface area contributed by atoms with Gasteiger partial charge < -0.3 is 10.4 Å².